The fourth-order valence-electron chi connectivity index (χ4n) is 1.67. The van der Waals surface area contributed by atoms with Crippen molar-refractivity contribution in [2.45, 2.75) is 11.7 Å². The summed E-state index contributed by atoms with van der Waals surface area (Å²) >= 11 is 9.01. The first-order chi connectivity index (χ1) is 8.29. The molecule has 1 aliphatic heterocycles. The molecule has 2 N–H and O–H groups in total. The summed E-state index contributed by atoms with van der Waals surface area (Å²) in [6.45, 7) is 0.0126. The minimum Gasteiger partial charge on any atom is -0.295 e. The van der Waals surface area contributed by atoms with Crippen molar-refractivity contribution < 1.29 is 13.2 Å². The number of carbonyl (C=O) groups is 1. The third kappa shape index (κ3) is 2.66. The number of pyridine rings is 1. The molecule has 2 rings (SSSR count). The minimum atomic E-state index is -3.72. The zero-order chi connectivity index (χ0) is 13.5. The van der Waals surface area contributed by atoms with Crippen LogP contribution in [0.5, 0.6) is 0 Å². The van der Waals surface area contributed by atoms with Gasteiger partial charge in [-0.3, -0.25) is 9.69 Å². The van der Waals surface area contributed by atoms with Gasteiger partial charge in [0.2, 0.25) is 15.9 Å². The fraction of sp³-hybridized carbons (Fsp3) is 0.333. The highest BCUT2D eigenvalue weighted by Gasteiger charge is 2.37. The lowest BCUT2D eigenvalue weighted by atomic mass is 10.4. The van der Waals surface area contributed by atoms with Crippen LogP contribution in [-0.4, -0.2) is 31.1 Å². The number of nitrogens with zero attached hydrogens (tertiary/aromatic N) is 2. The highest BCUT2D eigenvalue weighted by molar-refractivity contribution is 9.10. The standard InChI is InChI=1S/C9H9BrClN3O3S/c10-6-2-8(13-3-7(6)11)14-4-5(1-9(14)15)18(12,16)17/h2-3,5H,1,4H2,(H2,12,16,17). The number of nitrogens with two attached hydrogens (primary N) is 1. The lowest BCUT2D eigenvalue weighted by Crippen LogP contribution is -2.32. The quantitative estimate of drug-likeness (QED) is 0.853. The smallest absolute Gasteiger partial charge is 0.229 e. The number of hydrogen-bond donors (Lipinski definition) is 1. The highest BCUT2D eigenvalue weighted by Crippen LogP contribution is 2.28. The van der Waals surface area contributed by atoms with E-state index in [-0.39, 0.29) is 18.9 Å². The normalized spacial score (nSPS) is 20.5. The summed E-state index contributed by atoms with van der Waals surface area (Å²) in [5.41, 5.74) is 0. The van der Waals surface area contributed by atoms with Gasteiger partial charge < -0.3 is 0 Å². The molecule has 0 bridgehead atoms. The van der Waals surface area contributed by atoms with Crippen LogP contribution in [0.15, 0.2) is 16.7 Å². The highest BCUT2D eigenvalue weighted by atomic mass is 79.9. The molecule has 2 heterocycles. The largest absolute Gasteiger partial charge is 0.295 e. The topological polar surface area (TPSA) is 93.4 Å². The number of carbonyl (C=O) groups excluding carboxylic acids is 1. The van der Waals surface area contributed by atoms with E-state index in [2.05, 4.69) is 20.9 Å². The molecule has 6 nitrogen and oxygen atoms in total. The zero-order valence-electron chi connectivity index (χ0n) is 9.01. The Kier molecular flexibility index (Phi) is 3.63. The first-order valence-electron chi connectivity index (χ1n) is 4.92. The average Bonchev–Trinajstić information content (AvgIpc) is 2.64. The van der Waals surface area contributed by atoms with Crippen LogP contribution in [0.1, 0.15) is 6.42 Å². The summed E-state index contributed by atoms with van der Waals surface area (Å²) in [7, 11) is -3.72. The molecule has 1 aromatic heterocycles. The van der Waals surface area contributed by atoms with Crippen LogP contribution in [-0.2, 0) is 14.8 Å². The van der Waals surface area contributed by atoms with Crippen LogP contribution in [0.3, 0.4) is 0 Å². The van der Waals surface area contributed by atoms with Crippen molar-refractivity contribution in [3.05, 3.63) is 21.8 Å². The van der Waals surface area contributed by atoms with E-state index < -0.39 is 15.3 Å². The van der Waals surface area contributed by atoms with Gasteiger partial charge in [0.05, 0.1) is 5.02 Å². The molecule has 98 valence electrons. The summed E-state index contributed by atoms with van der Waals surface area (Å²) in [6.07, 6.45) is 1.26. The number of anilines is 1. The van der Waals surface area contributed by atoms with E-state index in [4.69, 9.17) is 16.7 Å². The Labute approximate surface area is 117 Å². The molecule has 18 heavy (non-hydrogen) atoms. The Morgan fingerprint density at radius 1 is 1.56 bits per heavy atom. The Balaban J connectivity index is 2.30. The van der Waals surface area contributed by atoms with Gasteiger partial charge in [-0.15, -0.1) is 0 Å². The number of hydrogen-bond acceptors (Lipinski definition) is 4. The lowest BCUT2D eigenvalue weighted by Gasteiger charge is -2.15. The number of aromatic nitrogens is 1. The fourth-order valence-corrected chi connectivity index (χ4v) is 2.81. The van der Waals surface area contributed by atoms with Crippen molar-refractivity contribution in [1.82, 2.24) is 4.98 Å². The molecule has 1 atom stereocenters. The molecule has 0 radical (unpaired) electrons. The van der Waals surface area contributed by atoms with Gasteiger partial charge in [0.25, 0.3) is 0 Å². The van der Waals surface area contributed by atoms with Crippen LogP contribution in [0.2, 0.25) is 5.02 Å². The van der Waals surface area contributed by atoms with E-state index >= 15 is 0 Å². The summed E-state index contributed by atoms with van der Waals surface area (Å²) in [5.74, 6) is 0.0261. The Morgan fingerprint density at radius 3 is 2.72 bits per heavy atom. The molecule has 1 aliphatic rings. The molecule has 9 heteroatoms. The van der Waals surface area contributed by atoms with Crippen molar-refractivity contribution in [1.29, 1.82) is 0 Å². The lowest BCUT2D eigenvalue weighted by molar-refractivity contribution is -0.117. The second kappa shape index (κ2) is 4.76. The SMILES string of the molecule is NS(=O)(=O)C1CC(=O)N(c2cc(Br)c(Cl)cn2)C1. The van der Waals surface area contributed by atoms with E-state index in [0.29, 0.717) is 15.3 Å². The minimum absolute atomic E-state index is 0.0126. The average molecular weight is 355 g/mol. The number of amides is 1. The first-order valence-corrected chi connectivity index (χ1v) is 7.70. The monoisotopic (exact) mass is 353 g/mol. The van der Waals surface area contributed by atoms with Crippen molar-refractivity contribution >= 4 is 49.3 Å². The molecule has 1 unspecified atom stereocenters. The molecular formula is C9H9BrClN3O3S. The van der Waals surface area contributed by atoms with Gasteiger partial charge in [0.15, 0.2) is 0 Å². The third-order valence-corrected chi connectivity index (χ3v) is 5.06. The number of halogens is 2. The van der Waals surface area contributed by atoms with Gasteiger partial charge in [-0.05, 0) is 22.0 Å². The van der Waals surface area contributed by atoms with Gasteiger partial charge in [0.1, 0.15) is 11.1 Å². The molecule has 0 aliphatic carbocycles. The summed E-state index contributed by atoms with van der Waals surface area (Å²) < 4.78 is 23.0. The molecule has 0 saturated carbocycles. The summed E-state index contributed by atoms with van der Waals surface area (Å²) in [5, 5.41) is 4.56. The van der Waals surface area contributed by atoms with Gasteiger partial charge in [0, 0.05) is 23.6 Å². The predicted octanol–water partition coefficient (Wildman–Crippen LogP) is 0.891. The first kappa shape index (κ1) is 13.7. The number of sulfonamides is 1. The summed E-state index contributed by atoms with van der Waals surface area (Å²) in [6, 6.07) is 1.56. The van der Waals surface area contributed by atoms with E-state index in [0.717, 1.165) is 0 Å². The van der Waals surface area contributed by atoms with Crippen LogP contribution in [0, 0.1) is 0 Å². The van der Waals surface area contributed by atoms with Gasteiger partial charge in [-0.1, -0.05) is 11.6 Å². The van der Waals surface area contributed by atoms with E-state index in [1.54, 1.807) is 6.07 Å². The molecule has 0 aromatic carbocycles. The van der Waals surface area contributed by atoms with Crippen molar-refractivity contribution in [2.24, 2.45) is 5.14 Å². The van der Waals surface area contributed by atoms with Crippen LogP contribution in [0.4, 0.5) is 5.82 Å². The molecule has 0 spiro atoms. The van der Waals surface area contributed by atoms with Crippen molar-refractivity contribution in [3.8, 4) is 0 Å². The second-order valence-electron chi connectivity index (χ2n) is 3.88. The number of rotatable bonds is 2. The Bertz CT molecular complexity index is 607. The maximum absolute atomic E-state index is 11.7. The molecule has 1 saturated heterocycles. The van der Waals surface area contributed by atoms with E-state index in [9.17, 15) is 13.2 Å². The second-order valence-corrected chi connectivity index (χ2v) is 6.98. The van der Waals surface area contributed by atoms with Gasteiger partial charge in [-0.25, -0.2) is 18.5 Å². The van der Waals surface area contributed by atoms with E-state index in [1.807, 2.05) is 0 Å². The van der Waals surface area contributed by atoms with Crippen LogP contribution < -0.4 is 10.0 Å². The molecule has 1 fully saturated rings. The Hall–Kier alpha value is -0.700. The molecular weight excluding hydrogens is 346 g/mol. The van der Waals surface area contributed by atoms with Crippen molar-refractivity contribution in [2.75, 3.05) is 11.4 Å². The molecule has 1 aromatic rings. The van der Waals surface area contributed by atoms with Crippen LogP contribution >= 0.6 is 27.5 Å². The Morgan fingerprint density at radius 2 is 2.22 bits per heavy atom. The maximum atomic E-state index is 11.7. The number of primary sulfonamides is 1. The summed E-state index contributed by atoms with van der Waals surface area (Å²) in [4.78, 5) is 17.0. The van der Waals surface area contributed by atoms with E-state index in [1.165, 1.54) is 11.1 Å². The third-order valence-electron chi connectivity index (χ3n) is 2.62. The predicted molar refractivity (Wildman–Crippen MR) is 70.8 cm³/mol. The zero-order valence-corrected chi connectivity index (χ0v) is 12.2. The van der Waals surface area contributed by atoms with Gasteiger partial charge in [-0.2, -0.15) is 0 Å². The maximum Gasteiger partial charge on any atom is 0.229 e. The van der Waals surface area contributed by atoms with Gasteiger partial charge >= 0.3 is 0 Å². The molecule has 1 amide bonds. The van der Waals surface area contributed by atoms with Crippen molar-refractivity contribution in [3.63, 3.8) is 0 Å². The van der Waals surface area contributed by atoms with Crippen LogP contribution in [0.25, 0.3) is 0 Å².